The third kappa shape index (κ3) is 4.36. The molecule has 0 aliphatic carbocycles. The van der Waals surface area contributed by atoms with Crippen molar-refractivity contribution in [2.24, 2.45) is 5.10 Å². The molecule has 0 aliphatic rings. The van der Waals surface area contributed by atoms with Gasteiger partial charge in [-0.2, -0.15) is 9.78 Å². The normalized spacial score (nSPS) is 10.9. The summed E-state index contributed by atoms with van der Waals surface area (Å²) in [5.41, 5.74) is 3.17. The van der Waals surface area contributed by atoms with Gasteiger partial charge in [-0.25, -0.2) is 5.43 Å². The molecule has 1 aromatic carbocycles. The Kier molecular flexibility index (Phi) is 5.06. The molecule has 0 radical (unpaired) electrons. The number of halogens is 1. The van der Waals surface area contributed by atoms with Crippen LogP contribution in [0.15, 0.2) is 33.8 Å². The molecule has 1 heterocycles. The van der Waals surface area contributed by atoms with Crippen molar-refractivity contribution >= 4 is 33.9 Å². The van der Waals surface area contributed by atoms with Crippen LogP contribution in [0, 0.1) is 17.0 Å². The number of nitrogens with one attached hydrogen (secondary N) is 1. The van der Waals surface area contributed by atoms with Crippen LogP contribution in [-0.4, -0.2) is 31.9 Å². The lowest BCUT2D eigenvalue weighted by Crippen LogP contribution is -2.24. The first kappa shape index (κ1) is 16.6. The number of rotatable bonds is 5. The Labute approximate surface area is 138 Å². The Hall–Kier alpha value is -2.75. The highest BCUT2D eigenvalue weighted by Crippen LogP contribution is 2.19. The monoisotopic (exact) mass is 381 g/mol. The minimum Gasteiger partial charge on any atom is -0.507 e. The topological polar surface area (TPSA) is 123 Å². The van der Waals surface area contributed by atoms with Crippen LogP contribution in [0.2, 0.25) is 0 Å². The van der Waals surface area contributed by atoms with Gasteiger partial charge in [0, 0.05) is 10.0 Å². The van der Waals surface area contributed by atoms with Gasteiger partial charge in [0.15, 0.2) is 0 Å². The Balaban J connectivity index is 1.99. The van der Waals surface area contributed by atoms with E-state index < -0.39 is 10.8 Å². The van der Waals surface area contributed by atoms with Gasteiger partial charge in [-0.1, -0.05) is 15.9 Å². The summed E-state index contributed by atoms with van der Waals surface area (Å²) >= 11 is 3.26. The lowest BCUT2D eigenvalue weighted by molar-refractivity contribution is -0.389. The number of nitro groups is 1. The van der Waals surface area contributed by atoms with Gasteiger partial charge in [0.25, 0.3) is 5.91 Å². The zero-order valence-electron chi connectivity index (χ0n) is 11.9. The van der Waals surface area contributed by atoms with E-state index in [1.165, 1.54) is 23.0 Å². The molecule has 2 aromatic rings. The SMILES string of the molecule is Cc1cc([N+](=O)[O-])nn1CC(=O)NN=Cc1cc(Br)ccc1O. The second-order valence-electron chi connectivity index (χ2n) is 4.55. The number of carbonyl (C=O) groups excluding carboxylic acids is 1. The molecule has 2 rings (SSSR count). The molecular weight excluding hydrogens is 370 g/mol. The standard InChI is InChI=1S/C13H12BrN5O4/c1-8-4-12(19(22)23)17-18(8)7-13(21)16-15-6-9-5-10(14)2-3-11(9)20/h2-6,20H,7H2,1H3,(H,16,21). The fourth-order valence-corrected chi connectivity index (χ4v) is 2.09. The molecule has 2 N–H and O–H groups in total. The number of amides is 1. The van der Waals surface area contributed by atoms with Crippen molar-refractivity contribution in [1.82, 2.24) is 15.2 Å². The van der Waals surface area contributed by atoms with Crippen LogP contribution in [0.1, 0.15) is 11.3 Å². The maximum atomic E-state index is 11.8. The van der Waals surface area contributed by atoms with Gasteiger partial charge < -0.3 is 15.2 Å². The number of benzene rings is 1. The molecule has 120 valence electrons. The number of phenolic OH excluding ortho intramolecular Hbond substituents is 1. The van der Waals surface area contributed by atoms with Gasteiger partial charge in [0.1, 0.15) is 12.3 Å². The fourth-order valence-electron chi connectivity index (χ4n) is 1.72. The zero-order valence-corrected chi connectivity index (χ0v) is 13.5. The van der Waals surface area contributed by atoms with Gasteiger partial charge in [-0.15, -0.1) is 0 Å². The van der Waals surface area contributed by atoms with E-state index in [0.29, 0.717) is 11.3 Å². The molecule has 0 bridgehead atoms. The van der Waals surface area contributed by atoms with Crippen LogP contribution >= 0.6 is 15.9 Å². The van der Waals surface area contributed by atoms with Crippen LogP contribution in [0.25, 0.3) is 0 Å². The van der Waals surface area contributed by atoms with Crippen LogP contribution in [0.3, 0.4) is 0 Å². The van der Waals surface area contributed by atoms with E-state index in [9.17, 15) is 20.0 Å². The van der Waals surface area contributed by atoms with E-state index in [1.807, 2.05) is 0 Å². The molecule has 1 aromatic heterocycles. The smallest absolute Gasteiger partial charge is 0.390 e. The minimum absolute atomic E-state index is 0.0183. The second-order valence-corrected chi connectivity index (χ2v) is 5.47. The largest absolute Gasteiger partial charge is 0.507 e. The van der Waals surface area contributed by atoms with Crippen molar-refractivity contribution in [2.75, 3.05) is 0 Å². The van der Waals surface area contributed by atoms with Crippen molar-refractivity contribution in [2.45, 2.75) is 13.5 Å². The fraction of sp³-hybridized carbons (Fsp3) is 0.154. The predicted molar refractivity (Wildman–Crippen MR) is 85.2 cm³/mol. The Morgan fingerprint density at radius 2 is 2.30 bits per heavy atom. The van der Waals surface area contributed by atoms with E-state index in [1.54, 1.807) is 19.1 Å². The summed E-state index contributed by atoms with van der Waals surface area (Å²) in [6.45, 7) is 1.40. The highest BCUT2D eigenvalue weighted by molar-refractivity contribution is 9.10. The highest BCUT2D eigenvalue weighted by atomic mass is 79.9. The van der Waals surface area contributed by atoms with Gasteiger partial charge in [-0.3, -0.25) is 4.79 Å². The maximum absolute atomic E-state index is 11.8. The molecule has 0 aliphatic heterocycles. The maximum Gasteiger partial charge on any atom is 0.390 e. The molecule has 0 spiro atoms. The lowest BCUT2D eigenvalue weighted by Gasteiger charge is -2.01. The van der Waals surface area contributed by atoms with E-state index in [0.717, 1.165) is 4.47 Å². The van der Waals surface area contributed by atoms with Crippen molar-refractivity contribution in [3.05, 3.63) is 50.1 Å². The molecule has 10 heteroatoms. The van der Waals surface area contributed by atoms with Crippen molar-refractivity contribution < 1.29 is 14.8 Å². The molecular formula is C13H12BrN5O4. The lowest BCUT2D eigenvalue weighted by atomic mass is 10.2. The van der Waals surface area contributed by atoms with Crippen molar-refractivity contribution in [1.29, 1.82) is 0 Å². The van der Waals surface area contributed by atoms with Crippen LogP contribution in [-0.2, 0) is 11.3 Å². The number of hydrogen-bond acceptors (Lipinski definition) is 6. The Bertz CT molecular complexity index is 787. The van der Waals surface area contributed by atoms with Crippen LogP contribution < -0.4 is 5.43 Å². The molecule has 0 unspecified atom stereocenters. The third-order valence-electron chi connectivity index (χ3n) is 2.83. The van der Waals surface area contributed by atoms with Crippen molar-refractivity contribution in [3.8, 4) is 5.75 Å². The molecule has 0 fully saturated rings. The number of aryl methyl sites for hydroxylation is 1. The van der Waals surface area contributed by atoms with Gasteiger partial charge >= 0.3 is 5.82 Å². The number of carbonyl (C=O) groups is 1. The minimum atomic E-state index is -0.629. The Morgan fingerprint density at radius 3 is 2.96 bits per heavy atom. The van der Waals surface area contributed by atoms with Crippen LogP contribution in [0.5, 0.6) is 5.75 Å². The first-order valence-electron chi connectivity index (χ1n) is 6.36. The van der Waals surface area contributed by atoms with Crippen LogP contribution in [0.4, 0.5) is 5.82 Å². The molecule has 1 amide bonds. The van der Waals surface area contributed by atoms with Gasteiger partial charge in [-0.05, 0) is 30.0 Å². The third-order valence-corrected chi connectivity index (χ3v) is 3.32. The molecule has 9 nitrogen and oxygen atoms in total. The number of aromatic nitrogens is 2. The summed E-state index contributed by atoms with van der Waals surface area (Å²) < 4.78 is 1.96. The average molecular weight is 382 g/mol. The predicted octanol–water partition coefficient (Wildman–Crippen LogP) is 1.72. The summed E-state index contributed by atoms with van der Waals surface area (Å²) in [5.74, 6) is -0.806. The first-order chi connectivity index (χ1) is 10.9. The second kappa shape index (κ2) is 7.01. The number of phenols is 1. The summed E-state index contributed by atoms with van der Waals surface area (Å²) in [6, 6.07) is 6.06. The van der Waals surface area contributed by atoms with Crippen molar-refractivity contribution in [3.63, 3.8) is 0 Å². The van der Waals surface area contributed by atoms with E-state index in [4.69, 9.17) is 0 Å². The number of aromatic hydroxyl groups is 1. The Morgan fingerprint density at radius 1 is 1.57 bits per heavy atom. The molecule has 0 saturated carbocycles. The first-order valence-corrected chi connectivity index (χ1v) is 7.15. The number of nitrogens with zero attached hydrogens (tertiary/aromatic N) is 4. The quantitative estimate of drug-likeness (QED) is 0.463. The summed E-state index contributed by atoms with van der Waals surface area (Å²) in [6.07, 6.45) is 1.29. The van der Waals surface area contributed by atoms with Gasteiger partial charge in [0.05, 0.1) is 23.1 Å². The number of hydrazone groups is 1. The summed E-state index contributed by atoms with van der Waals surface area (Å²) in [5, 5.41) is 27.7. The van der Waals surface area contributed by atoms with E-state index in [2.05, 4.69) is 31.6 Å². The molecule has 0 atom stereocenters. The van der Waals surface area contributed by atoms with E-state index in [-0.39, 0.29) is 18.1 Å². The molecule has 0 saturated heterocycles. The zero-order chi connectivity index (χ0) is 17.0. The highest BCUT2D eigenvalue weighted by Gasteiger charge is 2.17. The summed E-state index contributed by atoms with van der Waals surface area (Å²) in [4.78, 5) is 21.7. The number of hydrogen-bond donors (Lipinski definition) is 2. The molecule has 23 heavy (non-hydrogen) atoms. The average Bonchev–Trinajstić information content (AvgIpc) is 2.84. The van der Waals surface area contributed by atoms with Gasteiger partial charge in [0.2, 0.25) is 0 Å². The van der Waals surface area contributed by atoms with E-state index >= 15 is 0 Å². The summed E-state index contributed by atoms with van der Waals surface area (Å²) in [7, 11) is 0.